The second-order valence-corrected chi connectivity index (χ2v) is 4.31. The summed E-state index contributed by atoms with van der Waals surface area (Å²) in [6, 6.07) is 5.75. The molecule has 0 fully saturated rings. The smallest absolute Gasteiger partial charge is 0.195 e. The summed E-state index contributed by atoms with van der Waals surface area (Å²) >= 11 is 5.24. The lowest BCUT2D eigenvalue weighted by Crippen LogP contribution is -2.03. The van der Waals surface area contributed by atoms with E-state index in [2.05, 4.69) is 15.2 Å². The van der Waals surface area contributed by atoms with Crippen molar-refractivity contribution in [3.8, 4) is 11.5 Å². The van der Waals surface area contributed by atoms with Gasteiger partial charge in [0.05, 0.1) is 0 Å². The van der Waals surface area contributed by atoms with Crippen LogP contribution in [0.15, 0.2) is 24.4 Å². The van der Waals surface area contributed by atoms with Gasteiger partial charge in [0.1, 0.15) is 5.69 Å². The molecular formula is C12H16N4OS. The highest BCUT2D eigenvalue weighted by Crippen LogP contribution is 2.14. The Bertz CT molecular complexity index is 535. The molecule has 6 heteroatoms. The third-order valence-corrected chi connectivity index (χ3v) is 2.94. The molecule has 0 spiro atoms. The van der Waals surface area contributed by atoms with E-state index < -0.39 is 0 Å². The fraction of sp³-hybridized carbons (Fsp3) is 0.417. The number of nitrogens with one attached hydrogen (secondary N) is 1. The lowest BCUT2D eigenvalue weighted by atomic mass is 10.3. The highest BCUT2D eigenvalue weighted by molar-refractivity contribution is 7.71. The van der Waals surface area contributed by atoms with Crippen LogP contribution in [0.1, 0.15) is 12.8 Å². The lowest BCUT2D eigenvalue weighted by Gasteiger charge is -2.05. The molecule has 0 saturated heterocycles. The van der Waals surface area contributed by atoms with E-state index in [9.17, 15) is 0 Å². The summed E-state index contributed by atoms with van der Waals surface area (Å²) in [5, 5.41) is 7.06. The fourth-order valence-electron chi connectivity index (χ4n) is 1.73. The minimum atomic E-state index is 0.632. The molecule has 0 saturated carbocycles. The Hall–Kier alpha value is -1.53. The second-order valence-electron chi connectivity index (χ2n) is 3.92. The maximum atomic E-state index is 5.24. The van der Waals surface area contributed by atoms with Crippen molar-refractivity contribution in [1.29, 1.82) is 0 Å². The quantitative estimate of drug-likeness (QED) is 0.643. The average molecular weight is 264 g/mol. The normalized spacial score (nSPS) is 10.7. The Morgan fingerprint density at radius 3 is 3.00 bits per heavy atom. The zero-order chi connectivity index (χ0) is 12.8. The SMILES string of the molecule is COCCCCn1c(-c2ccccn2)n[nH]c1=S. The first-order valence-electron chi connectivity index (χ1n) is 5.88. The summed E-state index contributed by atoms with van der Waals surface area (Å²) in [7, 11) is 1.71. The van der Waals surface area contributed by atoms with Crippen LogP contribution in [-0.2, 0) is 11.3 Å². The molecule has 18 heavy (non-hydrogen) atoms. The molecule has 0 aliphatic carbocycles. The van der Waals surface area contributed by atoms with E-state index in [-0.39, 0.29) is 0 Å². The van der Waals surface area contributed by atoms with Gasteiger partial charge in [-0.2, -0.15) is 5.10 Å². The number of pyridine rings is 1. The van der Waals surface area contributed by atoms with Crippen LogP contribution in [-0.4, -0.2) is 33.5 Å². The Morgan fingerprint density at radius 1 is 1.39 bits per heavy atom. The van der Waals surface area contributed by atoms with Crippen molar-refractivity contribution >= 4 is 12.2 Å². The minimum Gasteiger partial charge on any atom is -0.385 e. The maximum absolute atomic E-state index is 5.24. The van der Waals surface area contributed by atoms with E-state index in [1.165, 1.54) is 0 Å². The Labute approximate surface area is 111 Å². The van der Waals surface area contributed by atoms with Crippen molar-refractivity contribution in [2.75, 3.05) is 13.7 Å². The van der Waals surface area contributed by atoms with E-state index in [4.69, 9.17) is 17.0 Å². The van der Waals surface area contributed by atoms with Gasteiger partial charge in [-0.3, -0.25) is 14.6 Å². The van der Waals surface area contributed by atoms with Gasteiger partial charge < -0.3 is 4.74 Å². The summed E-state index contributed by atoms with van der Waals surface area (Å²) < 4.78 is 7.65. The third-order valence-electron chi connectivity index (χ3n) is 2.63. The van der Waals surface area contributed by atoms with E-state index in [0.717, 1.165) is 37.5 Å². The molecule has 0 aromatic carbocycles. The van der Waals surface area contributed by atoms with Gasteiger partial charge in [0.15, 0.2) is 10.6 Å². The van der Waals surface area contributed by atoms with Crippen molar-refractivity contribution in [2.24, 2.45) is 0 Å². The Balaban J connectivity index is 2.15. The van der Waals surface area contributed by atoms with Gasteiger partial charge >= 0.3 is 0 Å². The van der Waals surface area contributed by atoms with Gasteiger partial charge in [0.2, 0.25) is 0 Å². The lowest BCUT2D eigenvalue weighted by molar-refractivity contribution is 0.191. The van der Waals surface area contributed by atoms with Gasteiger partial charge in [-0.05, 0) is 37.2 Å². The van der Waals surface area contributed by atoms with Crippen molar-refractivity contribution in [1.82, 2.24) is 19.7 Å². The van der Waals surface area contributed by atoms with Crippen LogP contribution in [0.3, 0.4) is 0 Å². The molecule has 5 nitrogen and oxygen atoms in total. The summed E-state index contributed by atoms with van der Waals surface area (Å²) in [5.41, 5.74) is 0.830. The van der Waals surface area contributed by atoms with Gasteiger partial charge in [0, 0.05) is 26.5 Å². The third kappa shape index (κ3) is 3.02. The van der Waals surface area contributed by atoms with Gasteiger partial charge in [-0.15, -0.1) is 0 Å². The highest BCUT2D eigenvalue weighted by Gasteiger charge is 2.08. The number of unbranched alkanes of at least 4 members (excludes halogenated alkanes) is 1. The molecule has 0 aliphatic rings. The number of aromatic nitrogens is 4. The van der Waals surface area contributed by atoms with E-state index >= 15 is 0 Å². The predicted molar refractivity (Wildman–Crippen MR) is 71.8 cm³/mol. The topological polar surface area (TPSA) is 55.7 Å². The first-order chi connectivity index (χ1) is 8.83. The Kier molecular flexibility index (Phi) is 4.60. The predicted octanol–water partition coefficient (Wildman–Crippen LogP) is 2.43. The van der Waals surface area contributed by atoms with Crippen LogP contribution in [0.2, 0.25) is 0 Å². The first kappa shape index (κ1) is 12.9. The summed E-state index contributed by atoms with van der Waals surface area (Å²) in [6.07, 6.45) is 3.76. The van der Waals surface area contributed by atoms with E-state index in [1.807, 2.05) is 22.8 Å². The number of aromatic amines is 1. The van der Waals surface area contributed by atoms with Crippen molar-refractivity contribution in [3.05, 3.63) is 29.2 Å². The molecule has 96 valence electrons. The molecule has 2 aromatic heterocycles. The fourth-order valence-corrected chi connectivity index (χ4v) is 1.96. The van der Waals surface area contributed by atoms with Crippen LogP contribution < -0.4 is 0 Å². The molecule has 0 aliphatic heterocycles. The van der Waals surface area contributed by atoms with Crippen molar-refractivity contribution in [3.63, 3.8) is 0 Å². The number of methoxy groups -OCH3 is 1. The molecule has 0 unspecified atom stereocenters. The minimum absolute atomic E-state index is 0.632. The monoisotopic (exact) mass is 264 g/mol. The number of nitrogens with zero attached hydrogens (tertiary/aromatic N) is 3. The molecule has 2 rings (SSSR count). The largest absolute Gasteiger partial charge is 0.385 e. The number of hydrogen-bond acceptors (Lipinski definition) is 4. The van der Waals surface area contributed by atoms with Crippen LogP contribution in [0.25, 0.3) is 11.5 Å². The standard InChI is InChI=1S/C12H16N4OS/c1-17-9-5-4-8-16-11(14-15-12(16)18)10-6-2-3-7-13-10/h2-3,6-7H,4-5,8-9H2,1H3,(H,15,18). The van der Waals surface area contributed by atoms with Gasteiger partial charge in [0.25, 0.3) is 0 Å². The zero-order valence-electron chi connectivity index (χ0n) is 10.3. The highest BCUT2D eigenvalue weighted by atomic mass is 32.1. The average Bonchev–Trinajstić information content (AvgIpc) is 2.77. The molecule has 0 atom stereocenters. The number of H-pyrrole nitrogens is 1. The van der Waals surface area contributed by atoms with Crippen molar-refractivity contribution in [2.45, 2.75) is 19.4 Å². The summed E-state index contributed by atoms with van der Waals surface area (Å²) in [6.45, 7) is 1.59. The molecule has 2 aromatic rings. The molecule has 0 bridgehead atoms. The van der Waals surface area contributed by atoms with Crippen LogP contribution in [0, 0.1) is 4.77 Å². The number of ether oxygens (including phenoxy) is 1. The number of hydrogen-bond donors (Lipinski definition) is 1. The molecule has 1 N–H and O–H groups in total. The van der Waals surface area contributed by atoms with E-state index in [1.54, 1.807) is 13.3 Å². The van der Waals surface area contributed by atoms with E-state index in [0.29, 0.717) is 4.77 Å². The first-order valence-corrected chi connectivity index (χ1v) is 6.29. The summed E-state index contributed by atoms with van der Waals surface area (Å²) in [5.74, 6) is 0.790. The molecular weight excluding hydrogens is 248 g/mol. The Morgan fingerprint density at radius 2 is 2.28 bits per heavy atom. The molecule has 0 radical (unpaired) electrons. The maximum Gasteiger partial charge on any atom is 0.195 e. The van der Waals surface area contributed by atoms with Crippen LogP contribution >= 0.6 is 12.2 Å². The van der Waals surface area contributed by atoms with Crippen LogP contribution in [0.5, 0.6) is 0 Å². The van der Waals surface area contributed by atoms with Gasteiger partial charge in [-0.1, -0.05) is 6.07 Å². The summed E-state index contributed by atoms with van der Waals surface area (Å²) in [4.78, 5) is 4.29. The molecule has 2 heterocycles. The van der Waals surface area contributed by atoms with Crippen molar-refractivity contribution < 1.29 is 4.74 Å². The zero-order valence-corrected chi connectivity index (χ0v) is 11.1. The van der Waals surface area contributed by atoms with Gasteiger partial charge in [-0.25, -0.2) is 0 Å². The second kappa shape index (κ2) is 6.42. The van der Waals surface area contributed by atoms with Crippen LogP contribution in [0.4, 0.5) is 0 Å². The number of rotatable bonds is 6. The molecule has 0 amide bonds.